The van der Waals surface area contributed by atoms with E-state index in [1.807, 2.05) is 31.2 Å². The molecular formula is C15H17N3O3. The van der Waals surface area contributed by atoms with Crippen molar-refractivity contribution in [2.45, 2.75) is 20.0 Å². The van der Waals surface area contributed by atoms with E-state index in [2.05, 4.69) is 10.3 Å². The minimum absolute atomic E-state index is 0.00157. The highest BCUT2D eigenvalue weighted by Gasteiger charge is 2.11. The summed E-state index contributed by atoms with van der Waals surface area (Å²) in [6.45, 7) is 3.65. The number of pyridine rings is 1. The molecule has 0 amide bonds. The first-order valence-corrected chi connectivity index (χ1v) is 6.52. The Balaban J connectivity index is 2.22. The van der Waals surface area contributed by atoms with Crippen LogP contribution in [0.15, 0.2) is 36.5 Å². The Morgan fingerprint density at radius 3 is 2.76 bits per heavy atom. The van der Waals surface area contributed by atoms with Gasteiger partial charge in [-0.3, -0.25) is 10.1 Å². The highest BCUT2D eigenvalue weighted by molar-refractivity contribution is 5.59. The van der Waals surface area contributed by atoms with E-state index in [4.69, 9.17) is 4.74 Å². The predicted octanol–water partition coefficient (Wildman–Crippen LogP) is 3.75. The standard InChI is InChI=1S/C15H17N3O3/c1-10-7-15(16-9-14(10)18(19)20)17-13-6-4-5-12(8-13)11(2)21-3/h4-9,11H,1-3H3,(H,16,17). The van der Waals surface area contributed by atoms with E-state index in [1.54, 1.807) is 20.1 Å². The fourth-order valence-electron chi connectivity index (χ4n) is 1.96. The molecule has 2 aromatic rings. The van der Waals surface area contributed by atoms with Crippen LogP contribution in [0.3, 0.4) is 0 Å². The Bertz CT molecular complexity index is 658. The second-order valence-electron chi connectivity index (χ2n) is 4.74. The number of hydrogen-bond acceptors (Lipinski definition) is 5. The number of nitro groups is 1. The fraction of sp³-hybridized carbons (Fsp3) is 0.267. The first-order valence-electron chi connectivity index (χ1n) is 6.52. The summed E-state index contributed by atoms with van der Waals surface area (Å²) in [4.78, 5) is 14.4. The van der Waals surface area contributed by atoms with E-state index in [-0.39, 0.29) is 11.8 Å². The molecule has 1 unspecified atom stereocenters. The molecule has 0 fully saturated rings. The van der Waals surface area contributed by atoms with Gasteiger partial charge in [-0.15, -0.1) is 0 Å². The number of aryl methyl sites for hydroxylation is 1. The van der Waals surface area contributed by atoms with Crippen LogP contribution in [0.4, 0.5) is 17.2 Å². The first kappa shape index (κ1) is 14.9. The predicted molar refractivity (Wildman–Crippen MR) is 80.8 cm³/mol. The molecule has 0 saturated carbocycles. The lowest BCUT2D eigenvalue weighted by Crippen LogP contribution is -2.00. The van der Waals surface area contributed by atoms with E-state index in [9.17, 15) is 10.1 Å². The molecule has 0 radical (unpaired) electrons. The highest BCUT2D eigenvalue weighted by atomic mass is 16.6. The molecule has 0 aliphatic rings. The van der Waals surface area contributed by atoms with Crippen molar-refractivity contribution >= 4 is 17.2 Å². The maximum atomic E-state index is 10.8. The topological polar surface area (TPSA) is 77.3 Å². The van der Waals surface area contributed by atoms with E-state index in [0.29, 0.717) is 11.4 Å². The zero-order chi connectivity index (χ0) is 15.4. The van der Waals surface area contributed by atoms with Gasteiger partial charge in [0.2, 0.25) is 0 Å². The average molecular weight is 287 g/mol. The van der Waals surface area contributed by atoms with Gasteiger partial charge in [-0.2, -0.15) is 0 Å². The number of hydrogen-bond donors (Lipinski definition) is 1. The molecule has 0 saturated heterocycles. The van der Waals surface area contributed by atoms with Gasteiger partial charge in [0.1, 0.15) is 12.0 Å². The number of nitrogens with one attached hydrogen (secondary N) is 1. The number of rotatable bonds is 5. The first-order chi connectivity index (χ1) is 10.0. The molecule has 1 N–H and O–H groups in total. The summed E-state index contributed by atoms with van der Waals surface area (Å²) >= 11 is 0. The summed E-state index contributed by atoms with van der Waals surface area (Å²) in [5, 5.41) is 13.9. The molecule has 0 spiro atoms. The van der Waals surface area contributed by atoms with Crippen LogP contribution in [0.1, 0.15) is 24.2 Å². The minimum Gasteiger partial charge on any atom is -0.377 e. The van der Waals surface area contributed by atoms with Gasteiger partial charge >= 0.3 is 0 Å². The van der Waals surface area contributed by atoms with Gasteiger partial charge in [-0.1, -0.05) is 12.1 Å². The van der Waals surface area contributed by atoms with Crippen LogP contribution in [-0.2, 0) is 4.74 Å². The smallest absolute Gasteiger partial charge is 0.290 e. The van der Waals surface area contributed by atoms with Crippen LogP contribution < -0.4 is 5.32 Å². The summed E-state index contributed by atoms with van der Waals surface area (Å²) in [6, 6.07) is 9.43. The zero-order valence-electron chi connectivity index (χ0n) is 12.2. The number of benzene rings is 1. The van der Waals surface area contributed by atoms with E-state index >= 15 is 0 Å². The molecule has 110 valence electrons. The largest absolute Gasteiger partial charge is 0.377 e. The summed E-state index contributed by atoms with van der Waals surface area (Å²) in [5.41, 5.74) is 2.49. The normalized spacial score (nSPS) is 12.0. The molecule has 1 aromatic carbocycles. The van der Waals surface area contributed by atoms with Gasteiger partial charge in [-0.25, -0.2) is 4.98 Å². The van der Waals surface area contributed by atoms with Crippen LogP contribution >= 0.6 is 0 Å². The van der Waals surface area contributed by atoms with E-state index in [0.717, 1.165) is 11.3 Å². The van der Waals surface area contributed by atoms with Crippen LogP contribution in [-0.4, -0.2) is 17.0 Å². The van der Waals surface area contributed by atoms with Gasteiger partial charge in [0.25, 0.3) is 5.69 Å². The van der Waals surface area contributed by atoms with Crippen LogP contribution in [0, 0.1) is 17.0 Å². The van der Waals surface area contributed by atoms with Crippen molar-refractivity contribution in [3.05, 3.63) is 57.8 Å². The van der Waals surface area contributed by atoms with Crippen LogP contribution in [0.5, 0.6) is 0 Å². The van der Waals surface area contributed by atoms with Crippen molar-refractivity contribution in [3.8, 4) is 0 Å². The average Bonchev–Trinajstić information content (AvgIpc) is 2.46. The van der Waals surface area contributed by atoms with Gasteiger partial charge in [0.05, 0.1) is 11.0 Å². The summed E-state index contributed by atoms with van der Waals surface area (Å²) in [6.07, 6.45) is 1.26. The Hall–Kier alpha value is -2.47. The Kier molecular flexibility index (Phi) is 4.49. The van der Waals surface area contributed by atoms with Gasteiger partial charge in [0, 0.05) is 18.4 Å². The molecule has 1 heterocycles. The van der Waals surface area contributed by atoms with Crippen molar-refractivity contribution in [2.24, 2.45) is 0 Å². The highest BCUT2D eigenvalue weighted by Crippen LogP contribution is 2.24. The molecule has 6 heteroatoms. The number of nitrogens with zero attached hydrogens (tertiary/aromatic N) is 2. The van der Waals surface area contributed by atoms with Gasteiger partial charge < -0.3 is 10.1 Å². The molecule has 21 heavy (non-hydrogen) atoms. The molecule has 1 atom stereocenters. The summed E-state index contributed by atoms with van der Waals surface area (Å²) in [7, 11) is 1.66. The van der Waals surface area contributed by atoms with Gasteiger partial charge in [0.15, 0.2) is 0 Å². The summed E-state index contributed by atoms with van der Waals surface area (Å²) < 4.78 is 5.28. The maximum Gasteiger partial charge on any atom is 0.290 e. The number of ether oxygens (including phenoxy) is 1. The minimum atomic E-state index is -0.437. The van der Waals surface area contributed by atoms with Gasteiger partial charge in [-0.05, 0) is 37.6 Å². The monoisotopic (exact) mass is 287 g/mol. The number of anilines is 2. The SMILES string of the molecule is COC(C)c1cccc(Nc2cc(C)c([N+](=O)[O-])cn2)c1. The molecule has 0 bridgehead atoms. The second-order valence-corrected chi connectivity index (χ2v) is 4.74. The quantitative estimate of drug-likeness (QED) is 0.669. The number of methoxy groups -OCH3 is 1. The van der Waals surface area contributed by atoms with E-state index < -0.39 is 4.92 Å². The third kappa shape index (κ3) is 3.55. The maximum absolute atomic E-state index is 10.8. The molecular weight excluding hydrogens is 270 g/mol. The molecule has 0 aliphatic carbocycles. The molecule has 1 aromatic heterocycles. The Labute approximate surface area is 122 Å². The lowest BCUT2D eigenvalue weighted by atomic mass is 10.1. The van der Waals surface area contributed by atoms with Crippen molar-refractivity contribution in [3.63, 3.8) is 0 Å². The molecule has 2 rings (SSSR count). The van der Waals surface area contributed by atoms with Crippen LogP contribution in [0.2, 0.25) is 0 Å². The Morgan fingerprint density at radius 2 is 2.14 bits per heavy atom. The molecule has 0 aliphatic heterocycles. The second kappa shape index (κ2) is 6.32. The third-order valence-corrected chi connectivity index (χ3v) is 3.26. The van der Waals surface area contributed by atoms with Crippen molar-refractivity contribution in [2.75, 3.05) is 12.4 Å². The zero-order valence-corrected chi connectivity index (χ0v) is 12.2. The Morgan fingerprint density at radius 1 is 1.38 bits per heavy atom. The molecule has 6 nitrogen and oxygen atoms in total. The van der Waals surface area contributed by atoms with Crippen LogP contribution in [0.25, 0.3) is 0 Å². The van der Waals surface area contributed by atoms with E-state index in [1.165, 1.54) is 6.20 Å². The van der Waals surface area contributed by atoms with Crippen molar-refractivity contribution in [1.82, 2.24) is 4.98 Å². The summed E-state index contributed by atoms with van der Waals surface area (Å²) in [5.74, 6) is 0.570. The third-order valence-electron chi connectivity index (χ3n) is 3.26. The number of aromatic nitrogens is 1. The van der Waals surface area contributed by atoms with Crippen molar-refractivity contribution in [1.29, 1.82) is 0 Å². The lowest BCUT2D eigenvalue weighted by Gasteiger charge is -2.12. The fourth-order valence-corrected chi connectivity index (χ4v) is 1.96. The van der Waals surface area contributed by atoms with Crippen molar-refractivity contribution < 1.29 is 9.66 Å². The lowest BCUT2D eigenvalue weighted by molar-refractivity contribution is -0.385.